The predicted molar refractivity (Wildman–Crippen MR) is 127 cm³/mol. The number of rotatable bonds is 6. The van der Waals surface area contributed by atoms with Crippen molar-refractivity contribution in [1.29, 1.82) is 0 Å². The van der Waals surface area contributed by atoms with Gasteiger partial charge in [0.25, 0.3) is 0 Å². The molecule has 4 heteroatoms. The van der Waals surface area contributed by atoms with E-state index in [1.807, 2.05) is 49.8 Å². The van der Waals surface area contributed by atoms with Crippen molar-refractivity contribution < 1.29 is 15.6 Å². The zero-order chi connectivity index (χ0) is 19.2. The third-order valence-electron chi connectivity index (χ3n) is 3.92. The maximum atomic E-state index is 6.69. The van der Waals surface area contributed by atoms with E-state index >= 15 is 0 Å². The summed E-state index contributed by atoms with van der Waals surface area (Å²) in [5.74, 6) is 2.28. The summed E-state index contributed by atoms with van der Waals surface area (Å²) >= 11 is 4.72. The molecule has 0 bridgehead atoms. The van der Waals surface area contributed by atoms with E-state index in [9.17, 15) is 0 Å². The van der Waals surface area contributed by atoms with E-state index in [4.69, 9.17) is 6.42 Å². The minimum atomic E-state index is 0.137. The molecular weight excluding hydrogens is 535 g/mol. The van der Waals surface area contributed by atoms with E-state index in [-0.39, 0.29) is 15.8 Å². The summed E-state index contributed by atoms with van der Waals surface area (Å²) in [6.45, 7) is 13.8. The first kappa shape index (κ1) is 29.8. The van der Waals surface area contributed by atoms with E-state index in [0.29, 0.717) is 0 Å². The Balaban J connectivity index is -0.000000263. The number of halogens is 1. The van der Waals surface area contributed by atoms with Crippen molar-refractivity contribution >= 4 is 35.4 Å². The summed E-state index contributed by atoms with van der Waals surface area (Å²) in [6.07, 6.45) is 15.4. The molecule has 0 nitrogen and oxygen atoms in total. The van der Waals surface area contributed by atoms with Gasteiger partial charge >= 0.3 is 35.1 Å². The van der Waals surface area contributed by atoms with Gasteiger partial charge in [0.1, 0.15) is 0 Å². The van der Waals surface area contributed by atoms with Crippen LogP contribution in [0.15, 0.2) is 30.3 Å². The molecule has 0 aliphatic carbocycles. The molecular formula is C20H37IP2Pd+2. The van der Waals surface area contributed by atoms with Crippen molar-refractivity contribution in [2.75, 3.05) is 37.0 Å². The second kappa shape index (κ2) is 26.3. The molecule has 0 saturated carbocycles. The Morgan fingerprint density at radius 3 is 1.17 bits per heavy atom. The average molecular weight is 573 g/mol. The van der Waals surface area contributed by atoms with Crippen molar-refractivity contribution in [1.82, 2.24) is 0 Å². The van der Waals surface area contributed by atoms with Crippen LogP contribution in [0.25, 0.3) is 0 Å². The molecule has 0 fully saturated rings. The van der Waals surface area contributed by atoms with Crippen LogP contribution in [0.5, 0.6) is 0 Å². The second-order valence-corrected chi connectivity index (χ2v) is 12.4. The Labute approximate surface area is 176 Å². The zero-order valence-electron chi connectivity index (χ0n) is 16.3. The van der Waals surface area contributed by atoms with Crippen LogP contribution in [0.4, 0.5) is 0 Å². The Morgan fingerprint density at radius 1 is 0.750 bits per heavy atom. The topological polar surface area (TPSA) is 0 Å². The molecule has 0 radical (unpaired) electrons. The number of benzene rings is 1. The number of hydrogen-bond donors (Lipinski definition) is 0. The summed E-state index contributed by atoms with van der Waals surface area (Å²) < 4.78 is 0. The van der Waals surface area contributed by atoms with Gasteiger partial charge in [-0.3, -0.25) is 5.92 Å². The van der Waals surface area contributed by atoms with E-state index in [0.717, 1.165) is 5.56 Å². The molecule has 0 aliphatic heterocycles. The molecule has 1 rings (SSSR count). The SMILES string of the molecule is CC[PH+](CC)CC.CC[PH+](CC)CC.[C-]#Cc1ccccc1.[Pd+][I]. The van der Waals surface area contributed by atoms with Crippen LogP contribution in [-0.2, 0) is 15.6 Å². The molecule has 0 saturated heterocycles. The van der Waals surface area contributed by atoms with Gasteiger partial charge < -0.3 is 6.42 Å². The first-order chi connectivity index (χ1) is 11.6. The fourth-order valence-electron chi connectivity index (χ4n) is 2.02. The second-order valence-electron chi connectivity index (χ2n) is 5.11. The minimum absolute atomic E-state index is 0.137. The molecule has 0 spiro atoms. The summed E-state index contributed by atoms with van der Waals surface area (Å²) in [4.78, 5) is 0. The molecule has 1 aromatic carbocycles. The predicted octanol–water partition coefficient (Wildman–Crippen LogP) is 7.03. The molecule has 142 valence electrons. The van der Waals surface area contributed by atoms with E-state index < -0.39 is 0 Å². The van der Waals surface area contributed by atoms with Gasteiger partial charge in [-0.05, 0) is 57.4 Å². The van der Waals surface area contributed by atoms with Gasteiger partial charge in [0.2, 0.25) is 0 Å². The first-order valence-corrected chi connectivity index (χ1v) is 17.8. The summed E-state index contributed by atoms with van der Waals surface area (Å²) in [6, 6.07) is 9.37. The zero-order valence-corrected chi connectivity index (χ0v) is 22.0. The Kier molecular flexibility index (Phi) is 32.6. The van der Waals surface area contributed by atoms with Crippen molar-refractivity contribution in [2.24, 2.45) is 0 Å². The standard InChI is InChI=1S/C8H5.2C6H15P.HI.Pd/c1-2-8-6-4-3-5-7-8;2*1-4-7(5-2)6-3;;/h3-7H;2*4-6H2,1-3H3;1H;/q-1;;;;+2/p+1. The average Bonchev–Trinajstić information content (AvgIpc) is 2.68. The maximum absolute atomic E-state index is 6.69. The molecule has 24 heavy (non-hydrogen) atoms. The molecule has 1 aromatic rings. The van der Waals surface area contributed by atoms with Gasteiger partial charge in [-0.1, -0.05) is 18.2 Å². The first-order valence-electron chi connectivity index (χ1n) is 8.89. The van der Waals surface area contributed by atoms with Gasteiger partial charge in [-0.25, -0.2) is 0 Å². The van der Waals surface area contributed by atoms with Crippen LogP contribution < -0.4 is 0 Å². The monoisotopic (exact) mass is 572 g/mol. The molecule has 0 aromatic heterocycles. The quantitative estimate of drug-likeness (QED) is 0.113. The van der Waals surface area contributed by atoms with Crippen LogP contribution in [0, 0.1) is 12.3 Å². The van der Waals surface area contributed by atoms with Gasteiger partial charge in [-0.15, -0.1) is 17.7 Å². The van der Waals surface area contributed by atoms with E-state index in [1.165, 1.54) is 37.0 Å². The summed E-state index contributed by atoms with van der Waals surface area (Å²) in [7, 11) is 0.275. The Morgan fingerprint density at radius 2 is 1.04 bits per heavy atom. The van der Waals surface area contributed by atoms with Crippen LogP contribution in [0.2, 0.25) is 0 Å². The van der Waals surface area contributed by atoms with Crippen molar-refractivity contribution in [2.45, 2.75) is 41.5 Å². The normalized spacial score (nSPS) is 8.92. The van der Waals surface area contributed by atoms with Crippen LogP contribution in [-0.4, -0.2) is 37.0 Å². The third kappa shape index (κ3) is 21.1. The Bertz CT molecular complexity index is 335. The third-order valence-corrected chi connectivity index (χ3v) is 9.92. The molecule has 0 heterocycles. The van der Waals surface area contributed by atoms with Gasteiger partial charge in [0, 0.05) is 0 Å². The number of hydrogen-bond acceptors (Lipinski definition) is 0. The molecule has 0 atom stereocenters. The molecule has 0 N–H and O–H groups in total. The van der Waals surface area contributed by atoms with E-state index in [1.54, 1.807) is 0 Å². The molecule has 0 aliphatic rings. The molecule has 0 unspecified atom stereocenters. The summed E-state index contributed by atoms with van der Waals surface area (Å²) in [5.41, 5.74) is 0.826. The fourth-order valence-corrected chi connectivity index (χ4v) is 5.02. The van der Waals surface area contributed by atoms with Crippen molar-refractivity contribution in [3.05, 3.63) is 42.3 Å². The van der Waals surface area contributed by atoms with Crippen LogP contribution >= 0.6 is 35.4 Å². The van der Waals surface area contributed by atoms with Gasteiger partial charge in [0.15, 0.2) is 0 Å². The van der Waals surface area contributed by atoms with Gasteiger partial charge in [-0.2, -0.15) is 0 Å². The fraction of sp³-hybridized carbons (Fsp3) is 0.600. The van der Waals surface area contributed by atoms with Crippen LogP contribution in [0.3, 0.4) is 0 Å². The summed E-state index contributed by atoms with van der Waals surface area (Å²) in [5, 5.41) is 0. The van der Waals surface area contributed by atoms with Crippen LogP contribution in [0.1, 0.15) is 47.1 Å². The van der Waals surface area contributed by atoms with Gasteiger partial charge in [0.05, 0.1) is 37.0 Å². The van der Waals surface area contributed by atoms with E-state index in [2.05, 4.69) is 63.1 Å². The van der Waals surface area contributed by atoms with Crippen molar-refractivity contribution in [3.8, 4) is 5.92 Å². The molecule has 0 amide bonds. The Hall–Kier alpha value is 1.03. The van der Waals surface area contributed by atoms with Crippen molar-refractivity contribution in [3.63, 3.8) is 0 Å².